The first-order chi connectivity index (χ1) is 11.2. The predicted octanol–water partition coefficient (Wildman–Crippen LogP) is 3.21. The molecule has 2 rings (SSSR count). The molecule has 1 heterocycles. The van der Waals surface area contributed by atoms with Crippen LogP contribution in [0.4, 0.5) is 0 Å². The minimum atomic E-state index is -0.584. The summed E-state index contributed by atoms with van der Waals surface area (Å²) >= 11 is 0. The third-order valence-corrected chi connectivity index (χ3v) is 3.36. The molecule has 0 atom stereocenters. The maximum absolute atomic E-state index is 11.0. The van der Waals surface area contributed by atoms with Gasteiger partial charge in [-0.15, -0.1) is 0 Å². The second kappa shape index (κ2) is 8.92. The van der Waals surface area contributed by atoms with E-state index in [1.807, 2.05) is 30.3 Å². The molecule has 5 heteroatoms. The van der Waals surface area contributed by atoms with Gasteiger partial charge in [-0.2, -0.15) is 0 Å². The Bertz CT molecular complexity index is 635. The van der Waals surface area contributed by atoms with Crippen LogP contribution in [0.25, 0.3) is 6.08 Å². The number of nitrogens with zero attached hydrogens (tertiary/aromatic N) is 1. The topological polar surface area (TPSA) is 65.7 Å². The number of hydroxylamine groups is 1. The Morgan fingerprint density at radius 3 is 2.70 bits per heavy atom. The molecule has 0 unspecified atom stereocenters. The summed E-state index contributed by atoms with van der Waals surface area (Å²) in [6.45, 7) is 4.71. The minimum Gasteiger partial charge on any atom is -0.460 e. The predicted molar refractivity (Wildman–Crippen MR) is 88.5 cm³/mol. The molecule has 0 bridgehead atoms. The van der Waals surface area contributed by atoms with Crippen molar-refractivity contribution in [3.8, 4) is 0 Å². The number of benzene rings is 1. The zero-order valence-electron chi connectivity index (χ0n) is 13.2. The smallest absolute Gasteiger partial charge is 0.267 e. The average molecular weight is 314 g/mol. The molecule has 0 spiro atoms. The lowest BCUT2D eigenvalue weighted by atomic mass is 10.2. The largest absolute Gasteiger partial charge is 0.460 e. The van der Waals surface area contributed by atoms with Gasteiger partial charge in [0.15, 0.2) is 0 Å². The molecule has 1 aromatic carbocycles. The Balaban J connectivity index is 1.98. The lowest BCUT2D eigenvalue weighted by molar-refractivity contribution is -0.124. The summed E-state index contributed by atoms with van der Waals surface area (Å²) in [6.07, 6.45) is 3.81. The number of nitrogens with one attached hydrogen (secondary N) is 1. The standard InChI is InChI=1S/C18H22N2O3/c1-2-12-20(13-15-6-4-3-5-7-15)14-17-9-8-16(23-17)10-11-18(21)19-22/h3-11,22H,2,12-14H2,1H3,(H,19,21). The normalized spacial score (nSPS) is 11.3. The van der Waals surface area contributed by atoms with Crippen LogP contribution in [-0.2, 0) is 17.9 Å². The first-order valence-electron chi connectivity index (χ1n) is 7.68. The van der Waals surface area contributed by atoms with Crippen molar-refractivity contribution in [3.63, 3.8) is 0 Å². The summed E-state index contributed by atoms with van der Waals surface area (Å²) < 4.78 is 5.70. The Morgan fingerprint density at radius 2 is 2.00 bits per heavy atom. The van der Waals surface area contributed by atoms with Crippen molar-refractivity contribution in [1.29, 1.82) is 0 Å². The van der Waals surface area contributed by atoms with Crippen LogP contribution in [-0.4, -0.2) is 22.6 Å². The molecule has 23 heavy (non-hydrogen) atoms. The summed E-state index contributed by atoms with van der Waals surface area (Å²) in [6, 6.07) is 14.1. The number of amides is 1. The lowest BCUT2D eigenvalue weighted by Crippen LogP contribution is -2.23. The van der Waals surface area contributed by atoms with Crippen molar-refractivity contribution in [2.75, 3.05) is 6.54 Å². The van der Waals surface area contributed by atoms with Gasteiger partial charge in [-0.1, -0.05) is 37.3 Å². The van der Waals surface area contributed by atoms with E-state index in [1.165, 1.54) is 17.7 Å². The van der Waals surface area contributed by atoms with Crippen molar-refractivity contribution < 1.29 is 14.4 Å². The lowest BCUT2D eigenvalue weighted by Gasteiger charge is -2.20. The Kier molecular flexibility index (Phi) is 6.59. The number of hydrogen-bond donors (Lipinski definition) is 2. The summed E-state index contributed by atoms with van der Waals surface area (Å²) in [5.74, 6) is 0.845. The number of carbonyl (C=O) groups is 1. The van der Waals surface area contributed by atoms with Crippen LogP contribution in [0, 0.1) is 0 Å². The van der Waals surface area contributed by atoms with Crippen LogP contribution in [0.1, 0.15) is 30.4 Å². The number of carbonyl (C=O) groups excluding carboxylic acids is 1. The first kappa shape index (κ1) is 17.0. The van der Waals surface area contributed by atoms with Gasteiger partial charge in [-0.3, -0.25) is 14.9 Å². The summed E-state index contributed by atoms with van der Waals surface area (Å²) in [5.41, 5.74) is 2.81. The molecule has 2 N–H and O–H groups in total. The van der Waals surface area contributed by atoms with Crippen LogP contribution in [0.5, 0.6) is 0 Å². The Hall–Kier alpha value is -2.37. The van der Waals surface area contributed by atoms with Gasteiger partial charge in [-0.05, 0) is 36.7 Å². The molecule has 122 valence electrons. The van der Waals surface area contributed by atoms with E-state index in [0.29, 0.717) is 12.3 Å². The summed E-state index contributed by atoms with van der Waals surface area (Å²) in [4.78, 5) is 13.3. The van der Waals surface area contributed by atoms with Crippen LogP contribution in [0.2, 0.25) is 0 Å². The highest BCUT2D eigenvalue weighted by molar-refractivity contribution is 5.90. The van der Waals surface area contributed by atoms with E-state index in [0.717, 1.165) is 25.3 Å². The monoisotopic (exact) mass is 314 g/mol. The zero-order chi connectivity index (χ0) is 16.5. The van der Waals surface area contributed by atoms with Crippen molar-refractivity contribution in [2.24, 2.45) is 0 Å². The SMILES string of the molecule is CCCN(Cc1ccccc1)Cc1ccc(C=CC(=O)NO)o1. The first-order valence-corrected chi connectivity index (χ1v) is 7.68. The van der Waals surface area contributed by atoms with Crippen LogP contribution in [0.3, 0.4) is 0 Å². The molecule has 1 aromatic heterocycles. The Labute approximate surface area is 136 Å². The highest BCUT2D eigenvalue weighted by atomic mass is 16.5. The molecular weight excluding hydrogens is 292 g/mol. The third kappa shape index (κ3) is 5.73. The Morgan fingerprint density at radius 1 is 1.22 bits per heavy atom. The minimum absolute atomic E-state index is 0.583. The molecule has 2 aromatic rings. The van der Waals surface area contributed by atoms with Gasteiger partial charge in [0.1, 0.15) is 11.5 Å². The van der Waals surface area contributed by atoms with Gasteiger partial charge < -0.3 is 4.42 Å². The fraction of sp³-hybridized carbons (Fsp3) is 0.278. The van der Waals surface area contributed by atoms with Crippen LogP contribution >= 0.6 is 0 Å². The molecule has 0 saturated carbocycles. The zero-order valence-corrected chi connectivity index (χ0v) is 13.2. The van der Waals surface area contributed by atoms with Crippen molar-refractivity contribution in [3.05, 3.63) is 65.6 Å². The van der Waals surface area contributed by atoms with E-state index in [-0.39, 0.29) is 0 Å². The van der Waals surface area contributed by atoms with Crippen molar-refractivity contribution in [1.82, 2.24) is 10.4 Å². The number of rotatable bonds is 8. The van der Waals surface area contributed by atoms with Gasteiger partial charge in [0.2, 0.25) is 0 Å². The second-order valence-electron chi connectivity index (χ2n) is 5.31. The molecule has 0 aliphatic carbocycles. The molecule has 0 fully saturated rings. The molecule has 0 aliphatic rings. The second-order valence-corrected chi connectivity index (χ2v) is 5.31. The summed E-state index contributed by atoms with van der Waals surface area (Å²) in [5, 5.41) is 8.45. The van der Waals surface area contributed by atoms with Crippen molar-refractivity contribution in [2.45, 2.75) is 26.4 Å². The van der Waals surface area contributed by atoms with Crippen LogP contribution < -0.4 is 5.48 Å². The maximum Gasteiger partial charge on any atom is 0.267 e. The maximum atomic E-state index is 11.0. The number of hydrogen-bond acceptors (Lipinski definition) is 4. The molecule has 0 aliphatic heterocycles. The van der Waals surface area contributed by atoms with Gasteiger partial charge in [-0.25, -0.2) is 5.48 Å². The molecule has 1 amide bonds. The fourth-order valence-electron chi connectivity index (χ4n) is 2.36. The van der Waals surface area contributed by atoms with E-state index >= 15 is 0 Å². The highest BCUT2D eigenvalue weighted by Crippen LogP contribution is 2.14. The molecule has 5 nitrogen and oxygen atoms in total. The van der Waals surface area contributed by atoms with Crippen molar-refractivity contribution >= 4 is 12.0 Å². The van der Waals surface area contributed by atoms with E-state index in [4.69, 9.17) is 9.62 Å². The molecular formula is C18H22N2O3. The van der Waals surface area contributed by atoms with E-state index in [1.54, 1.807) is 5.48 Å². The van der Waals surface area contributed by atoms with Gasteiger partial charge >= 0.3 is 0 Å². The van der Waals surface area contributed by atoms with Gasteiger partial charge in [0.25, 0.3) is 5.91 Å². The van der Waals surface area contributed by atoms with E-state index in [9.17, 15) is 4.79 Å². The molecule has 0 saturated heterocycles. The molecule has 0 radical (unpaired) electrons. The highest BCUT2D eigenvalue weighted by Gasteiger charge is 2.09. The fourth-order valence-corrected chi connectivity index (χ4v) is 2.36. The summed E-state index contributed by atoms with van der Waals surface area (Å²) in [7, 11) is 0. The van der Waals surface area contributed by atoms with Gasteiger partial charge in [0.05, 0.1) is 6.54 Å². The third-order valence-electron chi connectivity index (χ3n) is 3.36. The quantitative estimate of drug-likeness (QED) is 0.446. The van der Waals surface area contributed by atoms with E-state index in [2.05, 4.69) is 24.0 Å². The number of furan rings is 1. The van der Waals surface area contributed by atoms with Crippen LogP contribution in [0.15, 0.2) is 53.0 Å². The van der Waals surface area contributed by atoms with Gasteiger partial charge in [0, 0.05) is 12.6 Å². The van der Waals surface area contributed by atoms with E-state index < -0.39 is 5.91 Å². The average Bonchev–Trinajstić information content (AvgIpc) is 3.01.